The molecule has 26 heavy (non-hydrogen) atoms. The predicted octanol–water partition coefficient (Wildman–Crippen LogP) is 3.31. The number of rotatable bonds is 7. The molecule has 5 nitrogen and oxygen atoms in total. The van der Waals surface area contributed by atoms with Crippen molar-refractivity contribution in [3.63, 3.8) is 0 Å². The molecule has 2 heterocycles. The molecule has 1 saturated heterocycles. The number of carbonyl (C=O) groups is 1. The van der Waals surface area contributed by atoms with E-state index in [-0.39, 0.29) is 17.8 Å². The van der Waals surface area contributed by atoms with Crippen LogP contribution in [0.4, 0.5) is 4.39 Å². The number of aromatic nitrogens is 2. The first-order valence-corrected chi connectivity index (χ1v) is 9.40. The van der Waals surface area contributed by atoms with Crippen LogP contribution in [0.25, 0.3) is 0 Å². The third-order valence-electron chi connectivity index (χ3n) is 4.94. The lowest BCUT2D eigenvalue weighted by Gasteiger charge is -2.28. The number of carbonyl (C=O) groups excluding carboxylic acids is 1. The number of amides is 1. The fourth-order valence-corrected chi connectivity index (χ4v) is 3.56. The Hall–Kier alpha value is -2.21. The summed E-state index contributed by atoms with van der Waals surface area (Å²) in [7, 11) is 0. The first-order valence-electron chi connectivity index (χ1n) is 9.40. The molecule has 1 N–H and O–H groups in total. The Morgan fingerprint density at radius 1 is 1.27 bits per heavy atom. The van der Waals surface area contributed by atoms with E-state index in [4.69, 9.17) is 0 Å². The molecule has 3 rings (SSSR count). The van der Waals surface area contributed by atoms with E-state index >= 15 is 0 Å². The molecule has 0 aliphatic carbocycles. The van der Waals surface area contributed by atoms with Gasteiger partial charge in [-0.3, -0.25) is 14.4 Å². The molecule has 1 aliphatic rings. The summed E-state index contributed by atoms with van der Waals surface area (Å²) in [6, 6.07) is 6.66. The second kappa shape index (κ2) is 8.45. The minimum absolute atomic E-state index is 0.0630. The number of nitrogens with zero attached hydrogens (tertiary/aromatic N) is 3. The van der Waals surface area contributed by atoms with Crippen LogP contribution in [-0.2, 0) is 6.54 Å². The van der Waals surface area contributed by atoms with Gasteiger partial charge in [0.1, 0.15) is 5.82 Å². The van der Waals surface area contributed by atoms with Crippen LogP contribution >= 0.6 is 0 Å². The zero-order valence-corrected chi connectivity index (χ0v) is 15.5. The zero-order valence-electron chi connectivity index (χ0n) is 15.5. The zero-order chi connectivity index (χ0) is 18.5. The van der Waals surface area contributed by atoms with Crippen molar-refractivity contribution in [1.82, 2.24) is 20.0 Å². The number of likely N-dealkylation sites (tertiary alicyclic amines) is 1. The monoisotopic (exact) mass is 358 g/mol. The summed E-state index contributed by atoms with van der Waals surface area (Å²) < 4.78 is 15.1. The fraction of sp³-hybridized carbons (Fsp3) is 0.500. The van der Waals surface area contributed by atoms with Gasteiger partial charge in [-0.2, -0.15) is 5.10 Å². The molecule has 0 bridgehead atoms. The van der Waals surface area contributed by atoms with E-state index in [1.54, 1.807) is 0 Å². The fourth-order valence-electron chi connectivity index (χ4n) is 3.56. The van der Waals surface area contributed by atoms with Crippen molar-refractivity contribution in [2.75, 3.05) is 19.6 Å². The average Bonchev–Trinajstić information content (AvgIpc) is 3.27. The van der Waals surface area contributed by atoms with Gasteiger partial charge in [0.05, 0.1) is 17.3 Å². The van der Waals surface area contributed by atoms with E-state index in [0.29, 0.717) is 12.1 Å². The highest BCUT2D eigenvalue weighted by molar-refractivity contribution is 5.95. The van der Waals surface area contributed by atoms with Crippen molar-refractivity contribution in [2.24, 2.45) is 0 Å². The molecule has 6 heteroatoms. The highest BCUT2D eigenvalue weighted by Gasteiger charge is 2.24. The molecule has 0 saturated carbocycles. The molecule has 1 aromatic carbocycles. The van der Waals surface area contributed by atoms with E-state index in [2.05, 4.69) is 22.2 Å². The van der Waals surface area contributed by atoms with Crippen LogP contribution in [0.5, 0.6) is 0 Å². The third kappa shape index (κ3) is 4.30. The van der Waals surface area contributed by atoms with Crippen LogP contribution in [0.1, 0.15) is 53.8 Å². The first-order chi connectivity index (χ1) is 12.6. The smallest absolute Gasteiger partial charge is 0.254 e. The summed E-state index contributed by atoms with van der Waals surface area (Å²) in [6.45, 7) is 7.26. The normalized spacial score (nSPS) is 16.0. The molecule has 0 spiro atoms. The molecule has 1 fully saturated rings. The number of nitrogens with one attached hydrogen (secondary N) is 1. The molecule has 1 aliphatic heterocycles. The molecule has 0 radical (unpaired) electrons. The van der Waals surface area contributed by atoms with E-state index in [1.807, 2.05) is 29.9 Å². The van der Waals surface area contributed by atoms with Crippen LogP contribution in [0.3, 0.4) is 0 Å². The van der Waals surface area contributed by atoms with Gasteiger partial charge in [-0.1, -0.05) is 19.1 Å². The van der Waals surface area contributed by atoms with Crippen molar-refractivity contribution in [3.8, 4) is 0 Å². The van der Waals surface area contributed by atoms with Gasteiger partial charge in [0.2, 0.25) is 0 Å². The van der Waals surface area contributed by atoms with E-state index in [1.165, 1.54) is 12.1 Å². The van der Waals surface area contributed by atoms with Crippen LogP contribution in [0.15, 0.2) is 30.5 Å². The van der Waals surface area contributed by atoms with Crippen molar-refractivity contribution in [2.45, 2.75) is 45.7 Å². The van der Waals surface area contributed by atoms with Gasteiger partial charge in [0.15, 0.2) is 0 Å². The maximum absolute atomic E-state index is 13.3. The molecular formula is C20H27FN4O. The summed E-state index contributed by atoms with van der Waals surface area (Å²) in [5.74, 6) is -0.340. The van der Waals surface area contributed by atoms with Crippen molar-refractivity contribution >= 4 is 5.91 Å². The maximum Gasteiger partial charge on any atom is 0.254 e. The quantitative estimate of drug-likeness (QED) is 0.826. The van der Waals surface area contributed by atoms with Crippen LogP contribution < -0.4 is 5.32 Å². The summed E-state index contributed by atoms with van der Waals surface area (Å²) in [6.07, 6.45) is 5.11. The summed E-state index contributed by atoms with van der Waals surface area (Å²) >= 11 is 0. The number of halogens is 1. The second-order valence-electron chi connectivity index (χ2n) is 6.91. The first kappa shape index (κ1) is 18.6. The minimum Gasteiger partial charge on any atom is -0.350 e. The lowest BCUT2D eigenvalue weighted by molar-refractivity contribution is 0.0937. The van der Waals surface area contributed by atoms with Crippen LogP contribution in [-0.4, -0.2) is 40.2 Å². The Morgan fingerprint density at radius 2 is 1.96 bits per heavy atom. The van der Waals surface area contributed by atoms with Crippen molar-refractivity contribution in [3.05, 3.63) is 53.1 Å². The molecule has 1 unspecified atom stereocenters. The Kier molecular flexibility index (Phi) is 6.04. The van der Waals surface area contributed by atoms with E-state index in [9.17, 15) is 9.18 Å². The molecule has 1 amide bonds. The predicted molar refractivity (Wildman–Crippen MR) is 99.5 cm³/mol. The Morgan fingerprint density at radius 3 is 2.62 bits per heavy atom. The van der Waals surface area contributed by atoms with Crippen molar-refractivity contribution < 1.29 is 9.18 Å². The van der Waals surface area contributed by atoms with Gasteiger partial charge in [0.25, 0.3) is 5.91 Å². The number of hydrogen-bond acceptors (Lipinski definition) is 3. The number of benzene rings is 1. The van der Waals surface area contributed by atoms with Gasteiger partial charge in [-0.05, 0) is 57.0 Å². The molecule has 2 aromatic rings. The Labute approximate surface area is 154 Å². The number of aryl methyl sites for hydroxylation is 2. The SMILES string of the molecule is CCCn1cc(C(=O)NCC(c2ccc(F)cc2)N2CCCC2)c(C)n1. The molecule has 140 valence electrons. The lowest BCUT2D eigenvalue weighted by Crippen LogP contribution is -2.36. The van der Waals surface area contributed by atoms with Crippen LogP contribution in [0, 0.1) is 12.7 Å². The molecule has 1 aromatic heterocycles. The Bertz CT molecular complexity index is 735. The highest BCUT2D eigenvalue weighted by atomic mass is 19.1. The lowest BCUT2D eigenvalue weighted by atomic mass is 10.1. The molecule has 1 atom stereocenters. The van der Waals surface area contributed by atoms with Gasteiger partial charge in [-0.15, -0.1) is 0 Å². The summed E-state index contributed by atoms with van der Waals surface area (Å²) in [5.41, 5.74) is 2.40. The van der Waals surface area contributed by atoms with Gasteiger partial charge >= 0.3 is 0 Å². The molecular weight excluding hydrogens is 331 g/mol. The topological polar surface area (TPSA) is 50.2 Å². The number of hydrogen-bond donors (Lipinski definition) is 1. The van der Waals surface area contributed by atoms with E-state index < -0.39 is 0 Å². The summed E-state index contributed by atoms with van der Waals surface area (Å²) in [5, 5.41) is 7.46. The summed E-state index contributed by atoms with van der Waals surface area (Å²) in [4.78, 5) is 15.0. The van der Waals surface area contributed by atoms with Gasteiger partial charge in [0, 0.05) is 19.3 Å². The maximum atomic E-state index is 13.3. The minimum atomic E-state index is -0.239. The van der Waals surface area contributed by atoms with Crippen molar-refractivity contribution in [1.29, 1.82) is 0 Å². The largest absolute Gasteiger partial charge is 0.350 e. The van der Waals surface area contributed by atoms with E-state index in [0.717, 1.165) is 50.2 Å². The van der Waals surface area contributed by atoms with Crippen LogP contribution in [0.2, 0.25) is 0 Å². The third-order valence-corrected chi connectivity index (χ3v) is 4.94. The standard InChI is InChI=1S/C20H27FN4O/c1-3-10-25-14-18(15(2)23-25)20(26)22-13-19(24-11-4-5-12-24)16-6-8-17(21)9-7-16/h6-9,14,19H,3-5,10-13H2,1-2H3,(H,22,26). The highest BCUT2D eigenvalue weighted by Crippen LogP contribution is 2.25. The van der Waals surface area contributed by atoms with Gasteiger partial charge in [-0.25, -0.2) is 4.39 Å². The Balaban J connectivity index is 1.71. The second-order valence-corrected chi connectivity index (χ2v) is 6.91. The average molecular weight is 358 g/mol. The van der Waals surface area contributed by atoms with Gasteiger partial charge < -0.3 is 5.32 Å².